The van der Waals surface area contributed by atoms with Crippen molar-refractivity contribution in [2.24, 2.45) is 5.73 Å². The molecule has 1 unspecified atom stereocenters. The summed E-state index contributed by atoms with van der Waals surface area (Å²) in [6.07, 6.45) is 1.52. The summed E-state index contributed by atoms with van der Waals surface area (Å²) in [5.41, 5.74) is 6.07. The summed E-state index contributed by atoms with van der Waals surface area (Å²) < 4.78 is 28.4. The molecule has 0 amide bonds. The molecule has 1 atom stereocenters. The van der Waals surface area contributed by atoms with E-state index >= 15 is 0 Å². The van der Waals surface area contributed by atoms with Crippen molar-refractivity contribution in [3.8, 4) is 0 Å². The van der Waals surface area contributed by atoms with Crippen LogP contribution in [0.4, 0.5) is 8.78 Å². The van der Waals surface area contributed by atoms with Gasteiger partial charge in [0.1, 0.15) is 11.6 Å². The van der Waals surface area contributed by atoms with Gasteiger partial charge < -0.3 is 5.73 Å². The second kappa shape index (κ2) is 5.42. The van der Waals surface area contributed by atoms with Crippen LogP contribution in [0, 0.1) is 11.6 Å². The normalized spacial score (nSPS) is 12.5. The predicted octanol–water partition coefficient (Wildman–Crippen LogP) is 3.93. The summed E-state index contributed by atoms with van der Waals surface area (Å²) in [4.78, 5) is 4.05. The Hall–Kier alpha value is -0.850. The van der Waals surface area contributed by atoms with E-state index in [1.165, 1.54) is 18.3 Å². The van der Waals surface area contributed by atoms with Crippen LogP contribution in [0.15, 0.2) is 39.4 Å². The van der Waals surface area contributed by atoms with Gasteiger partial charge in [-0.05, 0) is 56.1 Å². The first-order valence-electron chi connectivity index (χ1n) is 5.01. The molecule has 1 aromatic carbocycles. The zero-order chi connectivity index (χ0) is 13.3. The van der Waals surface area contributed by atoms with Gasteiger partial charge in [0.05, 0.1) is 16.2 Å². The summed E-state index contributed by atoms with van der Waals surface area (Å²) in [6.45, 7) is 0. The number of aromatic nitrogens is 1. The van der Waals surface area contributed by atoms with Crippen LogP contribution in [-0.4, -0.2) is 4.98 Å². The molecule has 0 radical (unpaired) electrons. The van der Waals surface area contributed by atoms with Crippen LogP contribution in [-0.2, 0) is 0 Å². The van der Waals surface area contributed by atoms with E-state index < -0.39 is 17.7 Å². The Balaban J connectivity index is 2.56. The summed E-state index contributed by atoms with van der Waals surface area (Å²) in [7, 11) is 0. The Labute approximate surface area is 119 Å². The highest BCUT2D eigenvalue weighted by Crippen LogP contribution is 2.31. The molecule has 0 aliphatic rings. The summed E-state index contributed by atoms with van der Waals surface area (Å²) in [5, 5.41) is 0. The third-order valence-corrected chi connectivity index (χ3v) is 3.75. The van der Waals surface area contributed by atoms with Gasteiger partial charge in [0, 0.05) is 16.2 Å². The van der Waals surface area contributed by atoms with Gasteiger partial charge in [0.15, 0.2) is 0 Å². The largest absolute Gasteiger partial charge is 0.319 e. The molecule has 6 heteroatoms. The average Bonchev–Trinajstić information content (AvgIpc) is 2.35. The topological polar surface area (TPSA) is 38.9 Å². The summed E-state index contributed by atoms with van der Waals surface area (Å²) >= 11 is 6.27. The molecule has 0 saturated carbocycles. The second-order valence-corrected chi connectivity index (χ2v) is 5.31. The Morgan fingerprint density at radius 3 is 2.50 bits per heavy atom. The third-order valence-electron chi connectivity index (χ3n) is 2.47. The minimum Gasteiger partial charge on any atom is -0.319 e. The van der Waals surface area contributed by atoms with Crippen LogP contribution in [0.25, 0.3) is 0 Å². The van der Waals surface area contributed by atoms with Crippen molar-refractivity contribution in [1.82, 2.24) is 4.98 Å². The molecule has 0 bridgehead atoms. The maximum absolute atomic E-state index is 13.9. The van der Waals surface area contributed by atoms with E-state index in [0.717, 1.165) is 0 Å². The number of rotatable bonds is 2. The smallest absolute Gasteiger partial charge is 0.145 e. The minimum absolute atomic E-state index is 0.168. The van der Waals surface area contributed by atoms with E-state index in [1.807, 2.05) is 0 Å². The third kappa shape index (κ3) is 2.46. The Bertz CT molecular complexity index is 590. The molecule has 0 aliphatic heterocycles. The lowest BCUT2D eigenvalue weighted by molar-refractivity contribution is 0.536. The highest BCUT2D eigenvalue weighted by Gasteiger charge is 2.22. The van der Waals surface area contributed by atoms with Gasteiger partial charge >= 0.3 is 0 Å². The maximum atomic E-state index is 13.9. The SMILES string of the molecule is NC(c1ncccc1Br)c1c(F)ccc(Br)c1F. The minimum atomic E-state index is -0.974. The molecule has 1 heterocycles. The quantitative estimate of drug-likeness (QED) is 0.805. The fourth-order valence-electron chi connectivity index (χ4n) is 1.59. The number of hydrogen-bond acceptors (Lipinski definition) is 2. The molecule has 2 aromatic rings. The van der Waals surface area contributed by atoms with Gasteiger partial charge in [0.2, 0.25) is 0 Å². The Morgan fingerprint density at radius 1 is 1.11 bits per heavy atom. The highest BCUT2D eigenvalue weighted by atomic mass is 79.9. The lowest BCUT2D eigenvalue weighted by Gasteiger charge is -2.15. The Kier molecular flexibility index (Phi) is 4.09. The van der Waals surface area contributed by atoms with E-state index in [-0.39, 0.29) is 10.0 Å². The number of pyridine rings is 1. The monoisotopic (exact) mass is 376 g/mol. The molecule has 1 aromatic heterocycles. The molecular weight excluding hydrogens is 370 g/mol. The zero-order valence-electron chi connectivity index (χ0n) is 9.00. The van der Waals surface area contributed by atoms with Crippen molar-refractivity contribution in [3.05, 3.63) is 62.3 Å². The molecule has 2 N–H and O–H groups in total. The number of nitrogens with two attached hydrogens (primary N) is 1. The number of hydrogen-bond donors (Lipinski definition) is 1. The predicted molar refractivity (Wildman–Crippen MR) is 72.0 cm³/mol. The van der Waals surface area contributed by atoms with Gasteiger partial charge in [-0.15, -0.1) is 0 Å². The van der Waals surface area contributed by atoms with E-state index in [9.17, 15) is 8.78 Å². The van der Waals surface area contributed by atoms with Gasteiger partial charge in [-0.1, -0.05) is 0 Å². The zero-order valence-corrected chi connectivity index (χ0v) is 12.2. The van der Waals surface area contributed by atoms with Crippen molar-refractivity contribution in [2.45, 2.75) is 6.04 Å². The van der Waals surface area contributed by atoms with E-state index in [4.69, 9.17) is 5.73 Å². The lowest BCUT2D eigenvalue weighted by Crippen LogP contribution is -2.17. The molecular formula is C12H8Br2F2N2. The Morgan fingerprint density at radius 2 is 1.83 bits per heavy atom. The molecule has 0 spiro atoms. The van der Waals surface area contributed by atoms with Crippen LogP contribution in [0.2, 0.25) is 0 Å². The molecule has 2 rings (SSSR count). The number of halogens is 4. The molecule has 94 valence electrons. The van der Waals surface area contributed by atoms with Crippen molar-refractivity contribution in [2.75, 3.05) is 0 Å². The first-order chi connectivity index (χ1) is 8.52. The number of benzene rings is 1. The van der Waals surface area contributed by atoms with Gasteiger partial charge in [-0.2, -0.15) is 0 Å². The first-order valence-corrected chi connectivity index (χ1v) is 6.60. The highest BCUT2D eigenvalue weighted by molar-refractivity contribution is 9.10. The molecule has 0 saturated heterocycles. The van der Waals surface area contributed by atoms with Crippen LogP contribution in [0.1, 0.15) is 17.3 Å². The van der Waals surface area contributed by atoms with Gasteiger partial charge in [-0.25, -0.2) is 8.78 Å². The van der Waals surface area contributed by atoms with Crippen molar-refractivity contribution < 1.29 is 8.78 Å². The lowest BCUT2D eigenvalue weighted by atomic mass is 10.0. The first kappa shape index (κ1) is 13.6. The van der Waals surface area contributed by atoms with Crippen molar-refractivity contribution >= 4 is 31.9 Å². The number of nitrogens with zero attached hydrogens (tertiary/aromatic N) is 1. The standard InChI is InChI=1S/C12H8Br2F2N2/c13-6-3-4-8(15)9(10(6)16)11(17)12-7(14)2-1-5-18-12/h1-5,11H,17H2. The summed E-state index contributed by atoms with van der Waals surface area (Å²) in [6, 6.07) is 4.91. The van der Waals surface area contributed by atoms with Crippen LogP contribution in [0.5, 0.6) is 0 Å². The molecule has 2 nitrogen and oxygen atoms in total. The van der Waals surface area contributed by atoms with Gasteiger partial charge in [0.25, 0.3) is 0 Å². The fraction of sp³-hybridized carbons (Fsp3) is 0.0833. The van der Waals surface area contributed by atoms with E-state index in [1.54, 1.807) is 12.1 Å². The van der Waals surface area contributed by atoms with Gasteiger partial charge in [-0.3, -0.25) is 4.98 Å². The maximum Gasteiger partial charge on any atom is 0.145 e. The van der Waals surface area contributed by atoms with Crippen LogP contribution in [0.3, 0.4) is 0 Å². The van der Waals surface area contributed by atoms with Crippen LogP contribution >= 0.6 is 31.9 Å². The van der Waals surface area contributed by atoms with Crippen LogP contribution < -0.4 is 5.73 Å². The second-order valence-electron chi connectivity index (χ2n) is 3.61. The average molecular weight is 378 g/mol. The van der Waals surface area contributed by atoms with E-state index in [2.05, 4.69) is 36.8 Å². The molecule has 0 fully saturated rings. The van der Waals surface area contributed by atoms with E-state index in [0.29, 0.717) is 10.2 Å². The van der Waals surface area contributed by atoms with Crippen molar-refractivity contribution in [1.29, 1.82) is 0 Å². The molecule has 0 aliphatic carbocycles. The summed E-state index contributed by atoms with van der Waals surface area (Å²) in [5.74, 6) is -1.40. The molecule has 18 heavy (non-hydrogen) atoms. The van der Waals surface area contributed by atoms with Crippen molar-refractivity contribution in [3.63, 3.8) is 0 Å². The fourth-order valence-corrected chi connectivity index (χ4v) is 2.44.